The van der Waals surface area contributed by atoms with E-state index in [1.54, 1.807) is 0 Å². The molecule has 100 valence electrons. The Bertz CT molecular complexity index is 375. The molecule has 0 aliphatic heterocycles. The van der Waals surface area contributed by atoms with Crippen LogP contribution in [0.1, 0.15) is 58.4 Å². The summed E-state index contributed by atoms with van der Waals surface area (Å²) in [5.74, 6) is 1.71. The van der Waals surface area contributed by atoms with Gasteiger partial charge in [0.05, 0.1) is 12.8 Å². The van der Waals surface area contributed by atoms with Crippen molar-refractivity contribution in [3.05, 3.63) is 24.0 Å². The maximum absolute atomic E-state index is 6.04. The van der Waals surface area contributed by atoms with Crippen LogP contribution in [0.2, 0.25) is 0 Å². The Kier molecular flexibility index (Phi) is 4.26. The molecule has 1 aliphatic rings. The molecule has 1 saturated carbocycles. The SMILES string of the molecule is CC(C)(C)c1ccncc1OCC1CCCCC1. The number of rotatable bonds is 3. The highest BCUT2D eigenvalue weighted by atomic mass is 16.5. The predicted molar refractivity (Wildman–Crippen MR) is 75.0 cm³/mol. The summed E-state index contributed by atoms with van der Waals surface area (Å²) < 4.78 is 6.04. The standard InChI is InChI=1S/C16H25NO/c1-16(2,3)14-9-10-17-11-15(14)18-12-13-7-5-4-6-8-13/h9-11,13H,4-8,12H2,1-3H3. The molecule has 0 aromatic carbocycles. The van der Waals surface area contributed by atoms with Crippen LogP contribution in [-0.2, 0) is 5.41 Å². The number of pyridine rings is 1. The molecule has 1 aliphatic carbocycles. The van der Waals surface area contributed by atoms with Crippen LogP contribution < -0.4 is 4.74 Å². The lowest BCUT2D eigenvalue weighted by Crippen LogP contribution is -2.18. The highest BCUT2D eigenvalue weighted by molar-refractivity contribution is 5.35. The lowest BCUT2D eigenvalue weighted by molar-refractivity contribution is 0.205. The molecule has 18 heavy (non-hydrogen) atoms. The third-order valence-corrected chi connectivity index (χ3v) is 3.79. The van der Waals surface area contributed by atoms with E-state index in [1.807, 2.05) is 12.4 Å². The average molecular weight is 247 g/mol. The minimum Gasteiger partial charge on any atom is -0.491 e. The molecule has 2 heteroatoms. The van der Waals surface area contributed by atoms with Crippen molar-refractivity contribution in [2.24, 2.45) is 5.92 Å². The van der Waals surface area contributed by atoms with Crippen molar-refractivity contribution in [1.82, 2.24) is 4.98 Å². The lowest BCUT2D eigenvalue weighted by atomic mass is 9.87. The van der Waals surface area contributed by atoms with Crippen LogP contribution in [-0.4, -0.2) is 11.6 Å². The van der Waals surface area contributed by atoms with Gasteiger partial charge in [0.1, 0.15) is 5.75 Å². The van der Waals surface area contributed by atoms with Crippen molar-refractivity contribution in [3.8, 4) is 5.75 Å². The van der Waals surface area contributed by atoms with E-state index in [9.17, 15) is 0 Å². The molecule has 0 bridgehead atoms. The van der Waals surface area contributed by atoms with Crippen molar-refractivity contribution in [3.63, 3.8) is 0 Å². The Morgan fingerprint density at radius 3 is 2.61 bits per heavy atom. The van der Waals surface area contributed by atoms with Gasteiger partial charge < -0.3 is 4.74 Å². The van der Waals surface area contributed by atoms with E-state index in [0.29, 0.717) is 0 Å². The zero-order chi connectivity index (χ0) is 13.0. The molecule has 0 amide bonds. The summed E-state index contributed by atoms with van der Waals surface area (Å²) in [6.45, 7) is 7.51. The van der Waals surface area contributed by atoms with Crippen LogP contribution >= 0.6 is 0 Å². The number of nitrogens with zero attached hydrogens (tertiary/aromatic N) is 1. The Balaban J connectivity index is 2.00. The van der Waals surface area contributed by atoms with Crippen LogP contribution in [0.25, 0.3) is 0 Å². The van der Waals surface area contributed by atoms with Crippen molar-refractivity contribution in [2.45, 2.75) is 58.3 Å². The van der Waals surface area contributed by atoms with Crippen molar-refractivity contribution in [1.29, 1.82) is 0 Å². The summed E-state index contributed by atoms with van der Waals surface area (Å²) in [5, 5.41) is 0. The Hall–Kier alpha value is -1.05. The zero-order valence-corrected chi connectivity index (χ0v) is 11.9. The number of ether oxygens (including phenoxy) is 1. The lowest BCUT2D eigenvalue weighted by Gasteiger charge is -2.25. The number of aromatic nitrogens is 1. The molecular formula is C16H25NO. The topological polar surface area (TPSA) is 22.1 Å². The third kappa shape index (κ3) is 3.47. The Labute approximate surface area is 111 Å². The first kappa shape index (κ1) is 13.4. The van der Waals surface area contributed by atoms with E-state index in [1.165, 1.54) is 37.7 Å². The first-order valence-electron chi connectivity index (χ1n) is 7.14. The zero-order valence-electron chi connectivity index (χ0n) is 11.9. The van der Waals surface area contributed by atoms with Crippen LogP contribution in [0.5, 0.6) is 5.75 Å². The fraction of sp³-hybridized carbons (Fsp3) is 0.688. The van der Waals surface area contributed by atoms with Gasteiger partial charge in [0, 0.05) is 11.8 Å². The van der Waals surface area contributed by atoms with E-state index in [0.717, 1.165) is 18.3 Å². The summed E-state index contributed by atoms with van der Waals surface area (Å²) in [5.41, 5.74) is 1.37. The second-order valence-electron chi connectivity index (χ2n) is 6.44. The highest BCUT2D eigenvalue weighted by Crippen LogP contribution is 2.31. The fourth-order valence-electron chi connectivity index (χ4n) is 2.68. The van der Waals surface area contributed by atoms with Gasteiger partial charge in [0.25, 0.3) is 0 Å². The molecule has 0 N–H and O–H groups in total. The van der Waals surface area contributed by atoms with Crippen LogP contribution in [0.15, 0.2) is 18.5 Å². The van der Waals surface area contributed by atoms with Gasteiger partial charge in [-0.2, -0.15) is 0 Å². The van der Waals surface area contributed by atoms with Gasteiger partial charge in [0.15, 0.2) is 0 Å². The minimum atomic E-state index is 0.116. The van der Waals surface area contributed by atoms with E-state index in [-0.39, 0.29) is 5.41 Å². The van der Waals surface area contributed by atoms with Crippen molar-refractivity contribution < 1.29 is 4.74 Å². The predicted octanol–water partition coefficient (Wildman–Crippen LogP) is 4.34. The first-order valence-corrected chi connectivity index (χ1v) is 7.14. The van der Waals surface area contributed by atoms with Gasteiger partial charge in [-0.25, -0.2) is 0 Å². The fourth-order valence-corrected chi connectivity index (χ4v) is 2.68. The molecule has 2 nitrogen and oxygen atoms in total. The summed E-state index contributed by atoms with van der Waals surface area (Å²) in [6, 6.07) is 2.08. The number of hydrogen-bond donors (Lipinski definition) is 0. The first-order chi connectivity index (χ1) is 8.57. The van der Waals surface area contributed by atoms with E-state index in [2.05, 4.69) is 31.8 Å². The summed E-state index contributed by atoms with van der Waals surface area (Å²) in [6.07, 6.45) is 10.5. The maximum atomic E-state index is 6.04. The van der Waals surface area contributed by atoms with Crippen molar-refractivity contribution in [2.75, 3.05) is 6.61 Å². The van der Waals surface area contributed by atoms with Gasteiger partial charge in [-0.05, 0) is 30.2 Å². The van der Waals surface area contributed by atoms with E-state index < -0.39 is 0 Å². The molecule has 1 heterocycles. The van der Waals surface area contributed by atoms with E-state index in [4.69, 9.17) is 4.74 Å². The van der Waals surface area contributed by atoms with E-state index >= 15 is 0 Å². The van der Waals surface area contributed by atoms with Crippen LogP contribution in [0, 0.1) is 5.92 Å². The second-order valence-corrected chi connectivity index (χ2v) is 6.44. The second kappa shape index (κ2) is 5.73. The van der Waals surface area contributed by atoms with Crippen molar-refractivity contribution >= 4 is 0 Å². The summed E-state index contributed by atoms with van der Waals surface area (Å²) in [4.78, 5) is 4.20. The molecule has 1 fully saturated rings. The van der Waals surface area contributed by atoms with Gasteiger partial charge in [-0.1, -0.05) is 40.0 Å². The monoisotopic (exact) mass is 247 g/mol. The van der Waals surface area contributed by atoms with Crippen LogP contribution in [0.3, 0.4) is 0 Å². The smallest absolute Gasteiger partial charge is 0.141 e. The maximum Gasteiger partial charge on any atom is 0.141 e. The molecule has 0 saturated heterocycles. The van der Waals surface area contributed by atoms with Gasteiger partial charge in [-0.3, -0.25) is 4.98 Å². The third-order valence-electron chi connectivity index (χ3n) is 3.79. The highest BCUT2D eigenvalue weighted by Gasteiger charge is 2.20. The van der Waals surface area contributed by atoms with Gasteiger partial charge in [-0.15, -0.1) is 0 Å². The average Bonchev–Trinajstić information content (AvgIpc) is 2.37. The molecule has 0 spiro atoms. The molecule has 0 unspecified atom stereocenters. The van der Waals surface area contributed by atoms with Crippen LogP contribution in [0.4, 0.5) is 0 Å². The Morgan fingerprint density at radius 2 is 1.94 bits per heavy atom. The number of hydrogen-bond acceptors (Lipinski definition) is 2. The molecule has 1 aromatic rings. The normalized spacial score (nSPS) is 17.7. The molecule has 0 radical (unpaired) electrons. The molecule has 1 aromatic heterocycles. The summed E-state index contributed by atoms with van der Waals surface area (Å²) >= 11 is 0. The minimum absolute atomic E-state index is 0.116. The quantitative estimate of drug-likeness (QED) is 0.792. The Morgan fingerprint density at radius 1 is 1.22 bits per heavy atom. The largest absolute Gasteiger partial charge is 0.491 e. The van der Waals surface area contributed by atoms with Gasteiger partial charge in [0.2, 0.25) is 0 Å². The molecule has 2 rings (SSSR count). The molecular weight excluding hydrogens is 222 g/mol. The molecule has 0 atom stereocenters. The summed E-state index contributed by atoms with van der Waals surface area (Å²) in [7, 11) is 0. The van der Waals surface area contributed by atoms with Gasteiger partial charge >= 0.3 is 0 Å².